The molecule has 0 saturated carbocycles. The summed E-state index contributed by atoms with van der Waals surface area (Å²) in [7, 11) is -3.92. The highest BCUT2D eigenvalue weighted by Gasteiger charge is 2.21. The molecule has 0 bridgehead atoms. The Kier molecular flexibility index (Phi) is 5.57. The maximum absolute atomic E-state index is 12.9. The molecule has 1 heterocycles. The van der Waals surface area contributed by atoms with Crippen LogP contribution in [0.2, 0.25) is 0 Å². The molecule has 7 nitrogen and oxygen atoms in total. The first-order valence-corrected chi connectivity index (χ1v) is 10.5. The Morgan fingerprint density at radius 3 is 2.63 bits per heavy atom. The maximum atomic E-state index is 12.9. The predicted octanol–water partition coefficient (Wildman–Crippen LogP) is 3.01. The fourth-order valence-electron chi connectivity index (χ4n) is 2.20. The average molecular weight is 407 g/mol. The van der Waals surface area contributed by atoms with Crippen LogP contribution in [0.3, 0.4) is 0 Å². The van der Waals surface area contributed by atoms with Crippen molar-refractivity contribution in [2.75, 3.05) is 17.3 Å². The van der Waals surface area contributed by atoms with Crippen LogP contribution >= 0.6 is 11.8 Å². The van der Waals surface area contributed by atoms with Gasteiger partial charge in [0.25, 0.3) is 0 Å². The molecule has 1 amide bonds. The summed E-state index contributed by atoms with van der Waals surface area (Å²) in [4.78, 5) is 12.9. The Labute approximate surface area is 158 Å². The van der Waals surface area contributed by atoms with E-state index in [4.69, 9.17) is 4.42 Å². The average Bonchev–Trinajstić information content (AvgIpc) is 3.10. The summed E-state index contributed by atoms with van der Waals surface area (Å²) in [5.41, 5.74) is 0.675. The number of thioether (sulfide) groups is 1. The second-order valence-corrected chi connectivity index (χ2v) is 8.27. The van der Waals surface area contributed by atoms with Gasteiger partial charge >= 0.3 is 6.01 Å². The molecule has 0 spiro atoms. The molecule has 1 aromatic heterocycles. The molecule has 3 rings (SSSR count). The fraction of sp³-hybridized carbons (Fsp3) is 0.118. The number of nitrogens with zero attached hydrogens (tertiary/aromatic N) is 2. The van der Waals surface area contributed by atoms with Crippen molar-refractivity contribution in [2.45, 2.75) is 9.79 Å². The van der Waals surface area contributed by atoms with Crippen molar-refractivity contribution in [3.63, 3.8) is 0 Å². The second kappa shape index (κ2) is 7.89. The molecule has 0 aliphatic rings. The van der Waals surface area contributed by atoms with E-state index in [1.807, 2.05) is 24.5 Å². The number of hydrogen-bond acceptors (Lipinski definition) is 7. The third-order valence-electron chi connectivity index (χ3n) is 3.48. The molecule has 0 saturated heterocycles. The molecule has 27 heavy (non-hydrogen) atoms. The van der Waals surface area contributed by atoms with Crippen molar-refractivity contribution in [3.8, 4) is 11.5 Å². The van der Waals surface area contributed by atoms with Gasteiger partial charge in [0, 0.05) is 10.5 Å². The zero-order valence-corrected chi connectivity index (χ0v) is 15.7. The molecule has 3 aromatic rings. The summed E-state index contributed by atoms with van der Waals surface area (Å²) in [6, 6.07) is 11.4. The number of carbonyl (C=O) groups is 1. The largest absolute Gasteiger partial charge is 0.403 e. The van der Waals surface area contributed by atoms with Gasteiger partial charge in [-0.3, -0.25) is 10.1 Å². The molecule has 0 atom stereocenters. The number of hydrogen-bond donors (Lipinski definition) is 1. The van der Waals surface area contributed by atoms with Crippen molar-refractivity contribution in [1.82, 2.24) is 10.2 Å². The van der Waals surface area contributed by atoms with Gasteiger partial charge < -0.3 is 4.42 Å². The van der Waals surface area contributed by atoms with Gasteiger partial charge in [0.15, 0.2) is 9.84 Å². The van der Waals surface area contributed by atoms with Crippen molar-refractivity contribution >= 4 is 33.5 Å². The number of sulfone groups is 1. The van der Waals surface area contributed by atoms with Crippen LogP contribution in [0, 0.1) is 5.82 Å². The first-order chi connectivity index (χ1) is 12.9. The van der Waals surface area contributed by atoms with E-state index in [-0.39, 0.29) is 16.8 Å². The van der Waals surface area contributed by atoms with E-state index in [2.05, 4.69) is 15.5 Å². The Bertz CT molecular complexity index is 1070. The van der Waals surface area contributed by atoms with E-state index in [1.54, 1.807) is 17.8 Å². The van der Waals surface area contributed by atoms with Crippen LogP contribution in [0.1, 0.15) is 0 Å². The highest BCUT2D eigenvalue weighted by atomic mass is 32.2. The SMILES string of the molecule is CSc1cccc(-c2nnc(NC(=O)CS(=O)(=O)c3ccc(F)cc3)o2)c1. The van der Waals surface area contributed by atoms with Gasteiger partial charge in [0.05, 0.1) is 4.90 Å². The van der Waals surface area contributed by atoms with Crippen molar-refractivity contribution < 1.29 is 22.0 Å². The molecule has 0 aliphatic carbocycles. The topological polar surface area (TPSA) is 102 Å². The van der Waals surface area contributed by atoms with Gasteiger partial charge in [0.1, 0.15) is 11.6 Å². The van der Waals surface area contributed by atoms with Crippen LogP contribution in [0.25, 0.3) is 11.5 Å². The van der Waals surface area contributed by atoms with E-state index in [1.165, 1.54) is 0 Å². The van der Waals surface area contributed by atoms with Crippen LogP contribution in [0.4, 0.5) is 10.4 Å². The summed E-state index contributed by atoms with van der Waals surface area (Å²) in [5, 5.41) is 9.81. The molecular formula is C17H14FN3O4S2. The van der Waals surface area contributed by atoms with Gasteiger partial charge in [-0.25, -0.2) is 12.8 Å². The Balaban J connectivity index is 1.69. The molecule has 0 fully saturated rings. The zero-order valence-electron chi connectivity index (χ0n) is 14.0. The van der Waals surface area contributed by atoms with Gasteiger partial charge in [-0.05, 0) is 48.7 Å². The van der Waals surface area contributed by atoms with Crippen LogP contribution in [0.15, 0.2) is 62.7 Å². The minimum atomic E-state index is -3.92. The van der Waals surface area contributed by atoms with E-state index in [9.17, 15) is 17.6 Å². The van der Waals surface area contributed by atoms with Crippen LogP contribution in [0.5, 0.6) is 0 Å². The van der Waals surface area contributed by atoms with Crippen molar-refractivity contribution in [3.05, 3.63) is 54.3 Å². The third-order valence-corrected chi connectivity index (χ3v) is 5.84. The van der Waals surface area contributed by atoms with Gasteiger partial charge in [-0.15, -0.1) is 16.9 Å². The fourth-order valence-corrected chi connectivity index (χ4v) is 3.79. The minimum Gasteiger partial charge on any atom is -0.403 e. The number of amides is 1. The van der Waals surface area contributed by atoms with Gasteiger partial charge in [-0.1, -0.05) is 11.2 Å². The number of carbonyl (C=O) groups excluding carboxylic acids is 1. The summed E-state index contributed by atoms with van der Waals surface area (Å²) < 4.78 is 42.7. The lowest BCUT2D eigenvalue weighted by atomic mass is 10.2. The van der Waals surface area contributed by atoms with E-state index >= 15 is 0 Å². The molecule has 140 valence electrons. The monoisotopic (exact) mass is 407 g/mol. The van der Waals surface area contributed by atoms with Crippen LogP contribution in [-0.4, -0.2) is 36.5 Å². The predicted molar refractivity (Wildman–Crippen MR) is 98.6 cm³/mol. The second-order valence-electron chi connectivity index (χ2n) is 5.41. The lowest BCUT2D eigenvalue weighted by Crippen LogP contribution is -2.23. The zero-order chi connectivity index (χ0) is 19.4. The Morgan fingerprint density at radius 2 is 1.93 bits per heavy atom. The maximum Gasteiger partial charge on any atom is 0.322 e. The number of nitrogens with one attached hydrogen (secondary N) is 1. The molecule has 1 N–H and O–H groups in total. The molecular weight excluding hydrogens is 393 g/mol. The van der Waals surface area contributed by atoms with Gasteiger partial charge in [0.2, 0.25) is 11.8 Å². The number of rotatable bonds is 6. The molecule has 0 aliphatic heterocycles. The van der Waals surface area contributed by atoms with E-state index < -0.39 is 27.3 Å². The Hall–Kier alpha value is -2.72. The van der Waals surface area contributed by atoms with Crippen molar-refractivity contribution in [1.29, 1.82) is 0 Å². The van der Waals surface area contributed by atoms with Crippen LogP contribution in [-0.2, 0) is 14.6 Å². The summed E-state index contributed by atoms with van der Waals surface area (Å²) in [5.74, 6) is -2.05. The lowest BCUT2D eigenvalue weighted by molar-refractivity contribution is -0.114. The number of anilines is 1. The lowest BCUT2D eigenvalue weighted by Gasteiger charge is -2.04. The van der Waals surface area contributed by atoms with E-state index in [0.29, 0.717) is 5.56 Å². The molecule has 0 radical (unpaired) electrons. The van der Waals surface area contributed by atoms with E-state index in [0.717, 1.165) is 29.2 Å². The van der Waals surface area contributed by atoms with Crippen molar-refractivity contribution in [2.24, 2.45) is 0 Å². The van der Waals surface area contributed by atoms with Gasteiger partial charge in [-0.2, -0.15) is 0 Å². The number of aromatic nitrogens is 2. The first kappa shape index (κ1) is 19.1. The molecule has 10 heteroatoms. The standard InChI is InChI=1S/C17H14FN3O4S2/c1-26-13-4-2-3-11(9-13)16-20-21-17(25-16)19-15(22)10-27(23,24)14-7-5-12(18)6-8-14/h2-9H,10H2,1H3,(H,19,21,22). The quantitative estimate of drug-likeness (QED) is 0.495. The summed E-state index contributed by atoms with van der Waals surface area (Å²) >= 11 is 1.55. The normalized spacial score (nSPS) is 11.3. The number of halogens is 1. The Morgan fingerprint density at radius 1 is 1.19 bits per heavy atom. The molecule has 0 unspecified atom stereocenters. The highest BCUT2D eigenvalue weighted by molar-refractivity contribution is 7.98. The molecule has 2 aromatic carbocycles. The highest BCUT2D eigenvalue weighted by Crippen LogP contribution is 2.24. The summed E-state index contributed by atoms with van der Waals surface area (Å²) in [6.07, 6.45) is 1.93. The summed E-state index contributed by atoms with van der Waals surface area (Å²) in [6.45, 7) is 0. The third kappa shape index (κ3) is 4.72. The first-order valence-electron chi connectivity index (χ1n) is 7.63. The smallest absolute Gasteiger partial charge is 0.322 e. The number of benzene rings is 2. The van der Waals surface area contributed by atoms with Crippen LogP contribution < -0.4 is 5.32 Å². The minimum absolute atomic E-state index is 0.154.